The molecule has 0 saturated heterocycles. The van der Waals surface area contributed by atoms with Crippen LogP contribution in [0.2, 0.25) is 0 Å². The molecule has 0 atom stereocenters. The zero-order valence-electron chi connectivity index (χ0n) is 13.3. The van der Waals surface area contributed by atoms with Crippen LogP contribution in [0.3, 0.4) is 0 Å². The molecule has 0 heterocycles. The monoisotopic (exact) mass is 346 g/mol. The predicted molar refractivity (Wildman–Crippen MR) is 86.7 cm³/mol. The van der Waals surface area contributed by atoms with Crippen molar-refractivity contribution in [3.05, 3.63) is 75.3 Å². The Bertz CT molecular complexity index is 804. The van der Waals surface area contributed by atoms with Crippen LogP contribution in [-0.2, 0) is 17.8 Å². The lowest BCUT2D eigenvalue weighted by Gasteiger charge is -2.23. The second-order valence-electron chi connectivity index (χ2n) is 6.09. The summed E-state index contributed by atoms with van der Waals surface area (Å²) in [5, 5.41) is 10.7. The number of rotatable bonds is 6. The zero-order valence-corrected chi connectivity index (χ0v) is 13.3. The molecular formula is C18H16F2N2O3. The number of carbonyl (C=O) groups is 1. The summed E-state index contributed by atoms with van der Waals surface area (Å²) < 4.78 is 26.9. The summed E-state index contributed by atoms with van der Waals surface area (Å²) in [5.74, 6) is -1.51. The predicted octanol–water partition coefficient (Wildman–Crippen LogP) is 3.61. The Morgan fingerprint density at radius 2 is 1.84 bits per heavy atom. The van der Waals surface area contributed by atoms with Crippen molar-refractivity contribution in [3.63, 3.8) is 0 Å². The van der Waals surface area contributed by atoms with E-state index in [0.717, 1.165) is 18.9 Å². The normalized spacial score (nSPS) is 13.5. The highest BCUT2D eigenvalue weighted by Gasteiger charge is 2.33. The first-order valence-corrected chi connectivity index (χ1v) is 7.91. The van der Waals surface area contributed by atoms with E-state index in [9.17, 15) is 23.7 Å². The molecule has 25 heavy (non-hydrogen) atoms. The van der Waals surface area contributed by atoms with Crippen LogP contribution in [0.4, 0.5) is 14.5 Å². The zero-order chi connectivity index (χ0) is 18.0. The second-order valence-corrected chi connectivity index (χ2v) is 6.09. The van der Waals surface area contributed by atoms with E-state index >= 15 is 0 Å². The molecule has 1 fully saturated rings. The maximum absolute atomic E-state index is 13.9. The number of hydrogen-bond donors (Lipinski definition) is 0. The van der Waals surface area contributed by atoms with Gasteiger partial charge in [0, 0.05) is 36.3 Å². The highest BCUT2D eigenvalue weighted by atomic mass is 19.1. The molecule has 1 amide bonds. The molecule has 0 spiro atoms. The maximum Gasteiger partial charge on any atom is 0.269 e. The summed E-state index contributed by atoms with van der Waals surface area (Å²) in [5.41, 5.74) is 0.884. The van der Waals surface area contributed by atoms with Crippen LogP contribution in [0.1, 0.15) is 24.0 Å². The molecule has 2 aromatic rings. The largest absolute Gasteiger partial charge is 0.335 e. The Hall–Kier alpha value is -2.83. The fraction of sp³-hybridized carbons (Fsp3) is 0.278. The van der Waals surface area contributed by atoms with Gasteiger partial charge in [-0.1, -0.05) is 18.2 Å². The fourth-order valence-electron chi connectivity index (χ4n) is 2.65. The lowest BCUT2D eigenvalue weighted by molar-refractivity contribution is -0.384. The summed E-state index contributed by atoms with van der Waals surface area (Å²) in [7, 11) is 0. The number of nitro groups is 1. The van der Waals surface area contributed by atoms with E-state index in [-0.39, 0.29) is 36.2 Å². The van der Waals surface area contributed by atoms with Gasteiger partial charge in [-0.2, -0.15) is 0 Å². The third-order valence-corrected chi connectivity index (χ3v) is 4.17. The standard InChI is InChI=1S/C18H16F2N2O3/c19-14-4-3-13(17(20)10-14)11-21(15-7-8-15)18(23)9-12-1-5-16(6-2-12)22(24)25/h1-6,10,15H,7-9,11H2. The Balaban J connectivity index is 1.72. The van der Waals surface area contributed by atoms with Gasteiger partial charge in [-0.05, 0) is 24.5 Å². The van der Waals surface area contributed by atoms with Crippen molar-refractivity contribution in [2.75, 3.05) is 0 Å². The molecule has 0 aliphatic heterocycles. The van der Waals surface area contributed by atoms with Gasteiger partial charge in [0.15, 0.2) is 0 Å². The molecule has 1 aliphatic rings. The number of benzene rings is 2. The van der Waals surface area contributed by atoms with Crippen LogP contribution in [0.25, 0.3) is 0 Å². The quantitative estimate of drug-likeness (QED) is 0.593. The van der Waals surface area contributed by atoms with Crippen molar-refractivity contribution in [2.45, 2.75) is 31.8 Å². The van der Waals surface area contributed by atoms with Crippen LogP contribution in [0.15, 0.2) is 42.5 Å². The first-order valence-electron chi connectivity index (χ1n) is 7.91. The SMILES string of the molecule is O=C(Cc1ccc([N+](=O)[O-])cc1)N(Cc1ccc(F)cc1F)C1CC1. The molecule has 3 rings (SSSR count). The van der Waals surface area contributed by atoms with Crippen LogP contribution in [-0.4, -0.2) is 21.8 Å². The van der Waals surface area contributed by atoms with Crippen LogP contribution >= 0.6 is 0 Å². The van der Waals surface area contributed by atoms with Crippen LogP contribution in [0, 0.1) is 21.7 Å². The van der Waals surface area contributed by atoms with Gasteiger partial charge < -0.3 is 4.90 Å². The molecule has 0 bridgehead atoms. The minimum Gasteiger partial charge on any atom is -0.335 e. The molecule has 5 nitrogen and oxygen atoms in total. The van der Waals surface area contributed by atoms with E-state index < -0.39 is 16.6 Å². The average molecular weight is 346 g/mol. The molecule has 1 aliphatic carbocycles. The van der Waals surface area contributed by atoms with Crippen molar-refractivity contribution in [2.24, 2.45) is 0 Å². The number of nitrogens with zero attached hydrogens (tertiary/aromatic N) is 2. The number of halogens is 2. The Labute approximate surface area is 143 Å². The number of nitro benzene ring substituents is 1. The summed E-state index contributed by atoms with van der Waals surface area (Å²) >= 11 is 0. The van der Waals surface area contributed by atoms with E-state index in [2.05, 4.69) is 0 Å². The molecule has 2 aromatic carbocycles. The van der Waals surface area contributed by atoms with Gasteiger partial charge >= 0.3 is 0 Å². The minimum atomic E-state index is -0.672. The number of amides is 1. The van der Waals surface area contributed by atoms with Crippen LogP contribution in [0.5, 0.6) is 0 Å². The van der Waals surface area contributed by atoms with Crippen molar-refractivity contribution in [1.82, 2.24) is 4.90 Å². The maximum atomic E-state index is 13.9. The molecule has 0 aromatic heterocycles. The number of hydrogen-bond acceptors (Lipinski definition) is 3. The second kappa shape index (κ2) is 6.96. The summed E-state index contributed by atoms with van der Waals surface area (Å²) in [6.07, 6.45) is 1.79. The van der Waals surface area contributed by atoms with Gasteiger partial charge in [0.25, 0.3) is 5.69 Å². The van der Waals surface area contributed by atoms with Crippen molar-refractivity contribution >= 4 is 11.6 Å². The molecule has 7 heteroatoms. The van der Waals surface area contributed by atoms with Crippen LogP contribution < -0.4 is 0 Å². The molecule has 0 radical (unpaired) electrons. The Kier molecular flexibility index (Phi) is 4.74. The summed E-state index contributed by atoms with van der Waals surface area (Å²) in [6.45, 7) is 0.0859. The van der Waals surface area contributed by atoms with Crippen molar-refractivity contribution in [3.8, 4) is 0 Å². The summed E-state index contributed by atoms with van der Waals surface area (Å²) in [6, 6.07) is 9.17. The van der Waals surface area contributed by atoms with E-state index in [1.807, 2.05) is 0 Å². The highest BCUT2D eigenvalue weighted by molar-refractivity contribution is 5.79. The molecule has 130 valence electrons. The van der Waals surface area contributed by atoms with Gasteiger partial charge in [-0.15, -0.1) is 0 Å². The van der Waals surface area contributed by atoms with Gasteiger partial charge in [0.1, 0.15) is 11.6 Å². The molecular weight excluding hydrogens is 330 g/mol. The third-order valence-electron chi connectivity index (χ3n) is 4.17. The van der Waals surface area contributed by atoms with E-state index in [0.29, 0.717) is 5.56 Å². The van der Waals surface area contributed by atoms with Crippen molar-refractivity contribution in [1.29, 1.82) is 0 Å². The van der Waals surface area contributed by atoms with E-state index in [1.54, 1.807) is 17.0 Å². The van der Waals surface area contributed by atoms with E-state index in [4.69, 9.17) is 0 Å². The summed E-state index contributed by atoms with van der Waals surface area (Å²) in [4.78, 5) is 24.4. The Morgan fingerprint density at radius 1 is 1.16 bits per heavy atom. The van der Waals surface area contributed by atoms with Gasteiger partial charge in [-0.25, -0.2) is 8.78 Å². The Morgan fingerprint density at radius 3 is 2.40 bits per heavy atom. The third kappa shape index (κ3) is 4.17. The smallest absolute Gasteiger partial charge is 0.269 e. The first-order chi connectivity index (χ1) is 11.9. The topological polar surface area (TPSA) is 63.4 Å². The molecule has 0 unspecified atom stereocenters. The van der Waals surface area contributed by atoms with Gasteiger partial charge in [-0.3, -0.25) is 14.9 Å². The van der Waals surface area contributed by atoms with Crippen molar-refractivity contribution < 1.29 is 18.5 Å². The van der Waals surface area contributed by atoms with E-state index in [1.165, 1.54) is 24.3 Å². The van der Waals surface area contributed by atoms with Gasteiger partial charge in [0.2, 0.25) is 5.91 Å². The fourth-order valence-corrected chi connectivity index (χ4v) is 2.65. The first kappa shape index (κ1) is 17.0. The highest BCUT2D eigenvalue weighted by Crippen LogP contribution is 2.29. The minimum absolute atomic E-state index is 0.0383. The molecule has 0 N–H and O–H groups in total. The van der Waals surface area contributed by atoms with Gasteiger partial charge in [0.05, 0.1) is 11.3 Å². The number of non-ortho nitro benzene ring substituents is 1. The molecule has 1 saturated carbocycles. The lowest BCUT2D eigenvalue weighted by atomic mass is 10.1. The lowest BCUT2D eigenvalue weighted by Crippen LogP contribution is -2.34. The average Bonchev–Trinajstić information content (AvgIpc) is 3.39. The number of carbonyl (C=O) groups excluding carboxylic acids is 1.